The van der Waals surface area contributed by atoms with Gasteiger partial charge in [-0.25, -0.2) is 0 Å². The molecule has 0 aliphatic carbocycles. The Hall–Kier alpha value is -0.830. The summed E-state index contributed by atoms with van der Waals surface area (Å²) >= 11 is 0. The van der Waals surface area contributed by atoms with E-state index in [1.54, 1.807) is 0 Å². The molecular weight excluding hydrogens is 198 g/mol. The van der Waals surface area contributed by atoms with Crippen LogP contribution in [0.5, 0.6) is 0 Å². The molecule has 1 aliphatic heterocycles. The third kappa shape index (κ3) is 2.64. The Morgan fingerprint density at radius 2 is 2.31 bits per heavy atom. The lowest BCUT2D eigenvalue weighted by Crippen LogP contribution is -2.25. The van der Waals surface area contributed by atoms with Gasteiger partial charge in [-0.05, 0) is 38.3 Å². The van der Waals surface area contributed by atoms with Crippen LogP contribution < -0.4 is 0 Å². The van der Waals surface area contributed by atoms with E-state index in [1.165, 1.54) is 37.9 Å². The molecule has 3 heteroatoms. The van der Waals surface area contributed by atoms with Gasteiger partial charge in [0.25, 0.3) is 0 Å². The highest BCUT2D eigenvalue weighted by atomic mass is 15.3. The molecule has 0 aromatic carbocycles. The smallest absolute Gasteiger partial charge is 0.0537 e. The fraction of sp³-hybridized carbons (Fsp3) is 0.769. The second kappa shape index (κ2) is 5.00. The Labute approximate surface area is 98.4 Å². The zero-order valence-electron chi connectivity index (χ0n) is 10.7. The number of hydrogen-bond donors (Lipinski definition) is 0. The first-order valence-corrected chi connectivity index (χ1v) is 6.39. The molecule has 1 saturated heterocycles. The fourth-order valence-electron chi connectivity index (χ4n) is 2.51. The lowest BCUT2D eigenvalue weighted by atomic mass is 10.1. The van der Waals surface area contributed by atoms with Crippen molar-refractivity contribution < 1.29 is 0 Å². The Balaban J connectivity index is 1.98. The van der Waals surface area contributed by atoms with Crippen LogP contribution in [0.15, 0.2) is 12.4 Å². The van der Waals surface area contributed by atoms with Gasteiger partial charge in [-0.3, -0.25) is 9.58 Å². The molecule has 0 bridgehead atoms. The number of likely N-dealkylation sites (tertiary alicyclic amines) is 1. The molecular formula is C13H23N3. The van der Waals surface area contributed by atoms with Crippen molar-refractivity contribution in [2.24, 2.45) is 13.0 Å². The summed E-state index contributed by atoms with van der Waals surface area (Å²) in [6, 6.07) is 0.618. The average Bonchev–Trinajstić information content (AvgIpc) is 2.82. The maximum absolute atomic E-state index is 4.28. The van der Waals surface area contributed by atoms with Crippen LogP contribution in [-0.2, 0) is 7.05 Å². The van der Waals surface area contributed by atoms with E-state index >= 15 is 0 Å². The Bertz CT molecular complexity index is 330. The molecule has 0 N–H and O–H groups in total. The number of hydrogen-bond acceptors (Lipinski definition) is 2. The molecule has 1 aliphatic rings. The topological polar surface area (TPSA) is 21.1 Å². The van der Waals surface area contributed by atoms with Gasteiger partial charge in [-0.1, -0.05) is 13.8 Å². The minimum atomic E-state index is 0.618. The highest BCUT2D eigenvalue weighted by molar-refractivity contribution is 5.12. The number of rotatable bonds is 4. The van der Waals surface area contributed by atoms with E-state index in [-0.39, 0.29) is 0 Å². The molecule has 1 fully saturated rings. The minimum Gasteiger partial charge on any atom is -0.296 e. The summed E-state index contributed by atoms with van der Waals surface area (Å²) in [5.41, 5.74) is 1.39. The fourth-order valence-corrected chi connectivity index (χ4v) is 2.51. The summed E-state index contributed by atoms with van der Waals surface area (Å²) in [4.78, 5) is 2.62. The van der Waals surface area contributed by atoms with E-state index in [4.69, 9.17) is 0 Å². The molecule has 1 aromatic heterocycles. The Kier molecular flexibility index (Phi) is 3.64. The monoisotopic (exact) mass is 221 g/mol. The van der Waals surface area contributed by atoms with Gasteiger partial charge in [-0.15, -0.1) is 0 Å². The molecule has 90 valence electrons. The third-order valence-corrected chi connectivity index (χ3v) is 3.47. The molecule has 0 amide bonds. The van der Waals surface area contributed by atoms with Gasteiger partial charge in [0.15, 0.2) is 0 Å². The molecule has 3 nitrogen and oxygen atoms in total. The lowest BCUT2D eigenvalue weighted by Gasteiger charge is -2.24. The summed E-state index contributed by atoms with van der Waals surface area (Å²) in [6.07, 6.45) is 8.12. The number of aryl methyl sites for hydroxylation is 1. The van der Waals surface area contributed by atoms with Crippen LogP contribution in [0.4, 0.5) is 0 Å². The normalized spacial score (nSPS) is 22.1. The maximum atomic E-state index is 4.28. The van der Waals surface area contributed by atoms with E-state index in [0.717, 1.165) is 5.92 Å². The molecule has 0 radical (unpaired) electrons. The van der Waals surface area contributed by atoms with Crippen LogP contribution in [0.25, 0.3) is 0 Å². The molecule has 2 heterocycles. The summed E-state index contributed by atoms with van der Waals surface area (Å²) in [6.45, 7) is 7.09. The van der Waals surface area contributed by atoms with Crippen molar-refractivity contribution in [2.45, 2.75) is 39.2 Å². The van der Waals surface area contributed by atoms with Gasteiger partial charge in [0.1, 0.15) is 0 Å². The van der Waals surface area contributed by atoms with Crippen molar-refractivity contribution in [1.29, 1.82) is 0 Å². The van der Waals surface area contributed by atoms with Crippen molar-refractivity contribution in [1.82, 2.24) is 14.7 Å². The standard InChI is InChI=1S/C13H23N3/c1-11(2)6-8-16-7-4-5-13(16)12-9-14-15(3)10-12/h9-11,13H,4-8H2,1-3H3. The first kappa shape index (κ1) is 11.6. The quantitative estimate of drug-likeness (QED) is 0.779. The molecule has 1 unspecified atom stereocenters. The van der Waals surface area contributed by atoms with E-state index in [9.17, 15) is 0 Å². The maximum Gasteiger partial charge on any atom is 0.0537 e. The average molecular weight is 221 g/mol. The van der Waals surface area contributed by atoms with Crippen molar-refractivity contribution in [2.75, 3.05) is 13.1 Å². The summed E-state index contributed by atoms with van der Waals surface area (Å²) in [5.74, 6) is 0.801. The first-order chi connectivity index (χ1) is 7.66. The van der Waals surface area contributed by atoms with Gasteiger partial charge < -0.3 is 0 Å². The Morgan fingerprint density at radius 3 is 2.94 bits per heavy atom. The van der Waals surface area contributed by atoms with E-state index < -0.39 is 0 Å². The second-order valence-electron chi connectivity index (χ2n) is 5.32. The van der Waals surface area contributed by atoms with E-state index in [2.05, 4.69) is 30.0 Å². The van der Waals surface area contributed by atoms with Crippen molar-refractivity contribution >= 4 is 0 Å². The zero-order valence-corrected chi connectivity index (χ0v) is 10.7. The predicted molar refractivity (Wildman–Crippen MR) is 66.2 cm³/mol. The molecule has 1 atom stereocenters. The van der Waals surface area contributed by atoms with E-state index in [0.29, 0.717) is 6.04 Å². The van der Waals surface area contributed by atoms with Crippen LogP contribution >= 0.6 is 0 Å². The predicted octanol–water partition coefficient (Wildman–Crippen LogP) is 2.60. The third-order valence-electron chi connectivity index (χ3n) is 3.47. The first-order valence-electron chi connectivity index (χ1n) is 6.39. The van der Waals surface area contributed by atoms with Crippen molar-refractivity contribution in [3.63, 3.8) is 0 Å². The lowest BCUT2D eigenvalue weighted by molar-refractivity contribution is 0.242. The molecule has 2 rings (SSSR count). The van der Waals surface area contributed by atoms with Gasteiger partial charge in [0.05, 0.1) is 6.20 Å². The van der Waals surface area contributed by atoms with Gasteiger partial charge >= 0.3 is 0 Å². The van der Waals surface area contributed by atoms with Gasteiger partial charge in [0.2, 0.25) is 0 Å². The summed E-state index contributed by atoms with van der Waals surface area (Å²) in [5, 5.41) is 4.28. The van der Waals surface area contributed by atoms with Crippen LogP contribution in [0.3, 0.4) is 0 Å². The summed E-state index contributed by atoms with van der Waals surface area (Å²) < 4.78 is 1.91. The van der Waals surface area contributed by atoms with Gasteiger partial charge in [-0.2, -0.15) is 5.10 Å². The molecule has 0 spiro atoms. The molecule has 1 aromatic rings. The zero-order chi connectivity index (χ0) is 11.5. The molecule has 0 saturated carbocycles. The molecule has 16 heavy (non-hydrogen) atoms. The largest absolute Gasteiger partial charge is 0.296 e. The highest BCUT2D eigenvalue weighted by Crippen LogP contribution is 2.31. The number of nitrogens with zero attached hydrogens (tertiary/aromatic N) is 3. The Morgan fingerprint density at radius 1 is 1.50 bits per heavy atom. The van der Waals surface area contributed by atoms with Gasteiger partial charge in [0, 0.05) is 24.8 Å². The van der Waals surface area contributed by atoms with Crippen molar-refractivity contribution in [3.8, 4) is 0 Å². The minimum absolute atomic E-state index is 0.618. The summed E-state index contributed by atoms with van der Waals surface area (Å²) in [7, 11) is 2.00. The van der Waals surface area contributed by atoms with E-state index in [1.807, 2.05) is 17.9 Å². The van der Waals surface area contributed by atoms with Crippen LogP contribution in [0.1, 0.15) is 44.7 Å². The van der Waals surface area contributed by atoms with Crippen LogP contribution in [-0.4, -0.2) is 27.8 Å². The second-order valence-corrected chi connectivity index (χ2v) is 5.32. The number of aromatic nitrogens is 2. The SMILES string of the molecule is CC(C)CCN1CCCC1c1cnn(C)c1. The van der Waals surface area contributed by atoms with Crippen LogP contribution in [0.2, 0.25) is 0 Å². The highest BCUT2D eigenvalue weighted by Gasteiger charge is 2.26. The van der Waals surface area contributed by atoms with Crippen LogP contribution in [0, 0.1) is 5.92 Å². The van der Waals surface area contributed by atoms with Crippen molar-refractivity contribution in [3.05, 3.63) is 18.0 Å².